The van der Waals surface area contributed by atoms with E-state index < -0.39 is 0 Å². The van der Waals surface area contributed by atoms with Crippen molar-refractivity contribution >= 4 is 33.8 Å². The number of likely N-dealkylation sites (N-methyl/N-ethyl adjacent to an activating group) is 1. The van der Waals surface area contributed by atoms with Crippen LogP contribution in [0.1, 0.15) is 37.3 Å². The Bertz CT molecular complexity index is 1600. The standard InChI is InChI=1S/C33H38N6O2/c1-7-38(5)26-11-9-23(17-24(26)20(2)3)40-29-13-8-22(16-21(29)4)37-33-31-25(35-19-36-33)10-12-27-32(31)41-30-14-15-34-18-28(30)39(27)6/h7-13,16-17,19-20,28,30,34H,1,14-15,18H2,2-6H3,(H,35,36,37)/t28-,30+/m0/s1. The molecule has 41 heavy (non-hydrogen) atoms. The van der Waals surface area contributed by atoms with Crippen LogP contribution in [-0.2, 0) is 0 Å². The van der Waals surface area contributed by atoms with Crippen molar-refractivity contribution in [2.24, 2.45) is 0 Å². The fourth-order valence-corrected chi connectivity index (χ4v) is 5.86. The van der Waals surface area contributed by atoms with E-state index in [9.17, 15) is 0 Å². The van der Waals surface area contributed by atoms with Crippen molar-refractivity contribution in [1.29, 1.82) is 0 Å². The summed E-state index contributed by atoms with van der Waals surface area (Å²) >= 11 is 0. The first-order chi connectivity index (χ1) is 19.8. The summed E-state index contributed by atoms with van der Waals surface area (Å²) in [5.41, 5.74) is 6.19. The normalized spacial score (nSPS) is 18.0. The minimum Gasteiger partial charge on any atom is -0.485 e. The van der Waals surface area contributed by atoms with Crippen molar-refractivity contribution in [1.82, 2.24) is 15.3 Å². The largest absolute Gasteiger partial charge is 0.485 e. The lowest BCUT2D eigenvalue weighted by Crippen LogP contribution is -2.57. The van der Waals surface area contributed by atoms with Gasteiger partial charge in [0.2, 0.25) is 0 Å². The van der Waals surface area contributed by atoms with Gasteiger partial charge in [0.25, 0.3) is 0 Å². The number of aromatic nitrogens is 2. The second-order valence-electron chi connectivity index (χ2n) is 11.2. The summed E-state index contributed by atoms with van der Waals surface area (Å²) in [6.07, 6.45) is 4.52. The molecule has 212 valence electrons. The minimum atomic E-state index is 0.133. The van der Waals surface area contributed by atoms with Crippen LogP contribution in [0.5, 0.6) is 17.2 Å². The van der Waals surface area contributed by atoms with Gasteiger partial charge in [-0.25, -0.2) is 9.97 Å². The predicted octanol–water partition coefficient (Wildman–Crippen LogP) is 6.74. The highest BCUT2D eigenvalue weighted by Crippen LogP contribution is 2.44. The Morgan fingerprint density at radius 1 is 1.17 bits per heavy atom. The number of rotatable bonds is 7. The number of nitrogens with one attached hydrogen (secondary N) is 2. The number of fused-ring (bicyclic) bond motifs is 4. The van der Waals surface area contributed by atoms with E-state index >= 15 is 0 Å². The molecule has 0 bridgehead atoms. The number of hydrogen-bond donors (Lipinski definition) is 2. The van der Waals surface area contributed by atoms with Gasteiger partial charge in [-0.2, -0.15) is 0 Å². The van der Waals surface area contributed by atoms with Crippen molar-refractivity contribution < 1.29 is 9.47 Å². The number of piperidine rings is 1. The molecular formula is C33H38N6O2. The highest BCUT2D eigenvalue weighted by Gasteiger charge is 2.37. The molecule has 8 nitrogen and oxygen atoms in total. The predicted molar refractivity (Wildman–Crippen MR) is 167 cm³/mol. The van der Waals surface area contributed by atoms with Crippen LogP contribution in [0.3, 0.4) is 0 Å². The van der Waals surface area contributed by atoms with Crippen LogP contribution >= 0.6 is 0 Å². The first-order valence-electron chi connectivity index (χ1n) is 14.3. The monoisotopic (exact) mass is 550 g/mol. The number of aryl methyl sites for hydroxylation is 1. The van der Waals surface area contributed by atoms with E-state index in [0.717, 1.165) is 76.1 Å². The molecule has 4 aromatic rings. The lowest BCUT2D eigenvalue weighted by atomic mass is 9.98. The van der Waals surface area contributed by atoms with E-state index in [1.165, 1.54) is 5.56 Å². The highest BCUT2D eigenvalue weighted by atomic mass is 16.5. The molecule has 0 unspecified atom stereocenters. The summed E-state index contributed by atoms with van der Waals surface area (Å²) in [4.78, 5) is 13.6. The molecular weight excluding hydrogens is 512 g/mol. The van der Waals surface area contributed by atoms with Gasteiger partial charge < -0.3 is 29.9 Å². The van der Waals surface area contributed by atoms with Gasteiger partial charge in [0.1, 0.15) is 29.7 Å². The van der Waals surface area contributed by atoms with Gasteiger partial charge >= 0.3 is 0 Å². The lowest BCUT2D eigenvalue weighted by Gasteiger charge is -2.44. The van der Waals surface area contributed by atoms with E-state index in [-0.39, 0.29) is 6.10 Å². The lowest BCUT2D eigenvalue weighted by molar-refractivity contribution is 0.127. The van der Waals surface area contributed by atoms with E-state index in [2.05, 4.69) is 84.2 Å². The summed E-state index contributed by atoms with van der Waals surface area (Å²) in [5.74, 6) is 3.54. The van der Waals surface area contributed by atoms with Crippen molar-refractivity contribution in [3.8, 4) is 17.2 Å². The number of benzene rings is 3. The van der Waals surface area contributed by atoms with Crippen molar-refractivity contribution in [2.75, 3.05) is 42.3 Å². The fraction of sp³-hybridized carbons (Fsp3) is 0.333. The van der Waals surface area contributed by atoms with Crippen LogP contribution in [0.15, 0.2) is 67.6 Å². The molecule has 0 amide bonds. The Balaban J connectivity index is 1.28. The maximum atomic E-state index is 6.63. The van der Waals surface area contributed by atoms with Crippen LogP contribution in [0.2, 0.25) is 0 Å². The van der Waals surface area contributed by atoms with Gasteiger partial charge in [-0.1, -0.05) is 20.4 Å². The topological polar surface area (TPSA) is 74.8 Å². The molecule has 0 radical (unpaired) electrons. The highest BCUT2D eigenvalue weighted by molar-refractivity contribution is 6.00. The van der Waals surface area contributed by atoms with Crippen LogP contribution in [0.4, 0.5) is 22.9 Å². The molecule has 1 saturated heterocycles. The van der Waals surface area contributed by atoms with Gasteiger partial charge in [-0.15, -0.1) is 0 Å². The zero-order chi connectivity index (χ0) is 28.7. The van der Waals surface area contributed by atoms with E-state index in [1.807, 2.05) is 42.4 Å². The Labute approximate surface area is 242 Å². The maximum Gasteiger partial charge on any atom is 0.156 e. The number of ether oxygens (including phenoxy) is 2. The molecule has 0 saturated carbocycles. The zero-order valence-corrected chi connectivity index (χ0v) is 24.4. The van der Waals surface area contributed by atoms with E-state index in [1.54, 1.807) is 6.33 Å². The molecule has 1 fully saturated rings. The smallest absolute Gasteiger partial charge is 0.156 e. The second kappa shape index (κ2) is 10.9. The first kappa shape index (κ1) is 26.9. The molecule has 6 rings (SSSR count). The van der Waals surface area contributed by atoms with Gasteiger partial charge in [0, 0.05) is 32.0 Å². The summed E-state index contributed by atoms with van der Waals surface area (Å²) in [7, 11) is 4.15. The molecule has 0 spiro atoms. The van der Waals surface area contributed by atoms with E-state index in [0.29, 0.717) is 12.0 Å². The average molecular weight is 551 g/mol. The Kier molecular flexibility index (Phi) is 7.17. The van der Waals surface area contributed by atoms with Crippen LogP contribution in [0, 0.1) is 6.92 Å². The number of anilines is 4. The molecule has 3 aromatic carbocycles. The molecule has 0 aliphatic carbocycles. The quantitative estimate of drug-likeness (QED) is 0.262. The Hall–Kier alpha value is -4.30. The van der Waals surface area contributed by atoms with Gasteiger partial charge in [0.05, 0.1) is 22.6 Å². The summed E-state index contributed by atoms with van der Waals surface area (Å²) in [6.45, 7) is 12.2. The number of hydrogen-bond acceptors (Lipinski definition) is 8. The van der Waals surface area contributed by atoms with Crippen LogP contribution in [-0.4, -0.2) is 49.3 Å². The van der Waals surface area contributed by atoms with Gasteiger partial charge in [0.15, 0.2) is 5.75 Å². The molecule has 8 heteroatoms. The fourth-order valence-electron chi connectivity index (χ4n) is 5.86. The van der Waals surface area contributed by atoms with Crippen LogP contribution in [0.25, 0.3) is 10.9 Å². The summed E-state index contributed by atoms with van der Waals surface area (Å²) in [6, 6.07) is 16.8. The third kappa shape index (κ3) is 5.04. The summed E-state index contributed by atoms with van der Waals surface area (Å²) < 4.78 is 13.0. The molecule has 2 atom stereocenters. The van der Waals surface area contributed by atoms with Gasteiger partial charge in [-0.05, 0) is 91.7 Å². The Morgan fingerprint density at radius 3 is 2.80 bits per heavy atom. The minimum absolute atomic E-state index is 0.133. The molecule has 2 N–H and O–H groups in total. The van der Waals surface area contributed by atoms with Crippen molar-refractivity contribution in [3.63, 3.8) is 0 Å². The SMILES string of the molecule is C=CN(C)c1ccc(Oc2ccc(Nc3ncnc4ccc5c(c34)O[C@@H]3CCNC[C@@H]3N5C)cc2C)cc1C(C)C. The first-order valence-corrected chi connectivity index (χ1v) is 14.3. The second-order valence-corrected chi connectivity index (χ2v) is 11.2. The third-order valence-corrected chi connectivity index (χ3v) is 8.21. The molecule has 3 heterocycles. The van der Waals surface area contributed by atoms with E-state index in [4.69, 9.17) is 9.47 Å². The van der Waals surface area contributed by atoms with Crippen LogP contribution < -0.4 is 29.9 Å². The molecule has 2 aliphatic rings. The maximum absolute atomic E-state index is 6.63. The number of nitrogens with zero attached hydrogens (tertiary/aromatic N) is 4. The molecule has 1 aromatic heterocycles. The Morgan fingerprint density at radius 2 is 2.02 bits per heavy atom. The van der Waals surface area contributed by atoms with Crippen molar-refractivity contribution in [3.05, 3.63) is 78.8 Å². The summed E-state index contributed by atoms with van der Waals surface area (Å²) in [5, 5.41) is 7.93. The van der Waals surface area contributed by atoms with Gasteiger partial charge in [-0.3, -0.25) is 0 Å². The van der Waals surface area contributed by atoms with Crippen molar-refractivity contribution in [2.45, 2.75) is 45.3 Å². The third-order valence-electron chi connectivity index (χ3n) is 8.21. The molecule has 2 aliphatic heterocycles. The average Bonchev–Trinajstić information content (AvgIpc) is 2.98. The zero-order valence-electron chi connectivity index (χ0n) is 24.4.